The van der Waals surface area contributed by atoms with Crippen molar-refractivity contribution in [3.63, 3.8) is 0 Å². The molecule has 1 heteroatoms. The first-order valence-corrected chi connectivity index (χ1v) is 4.50. The van der Waals surface area contributed by atoms with Crippen molar-refractivity contribution in [3.05, 3.63) is 35.5 Å². The van der Waals surface area contributed by atoms with Crippen LogP contribution in [0.5, 0.6) is 0 Å². The van der Waals surface area contributed by atoms with E-state index in [0.29, 0.717) is 0 Å². The maximum Gasteiger partial charge on any atom is 0.0383 e. The van der Waals surface area contributed by atoms with E-state index in [1.807, 2.05) is 0 Å². The summed E-state index contributed by atoms with van der Waals surface area (Å²) in [6.45, 7) is 4.32. The highest BCUT2D eigenvalue weighted by molar-refractivity contribution is 7.81. The third-order valence-electron chi connectivity index (χ3n) is 1.93. The van der Waals surface area contributed by atoms with Crippen LogP contribution in [0.15, 0.2) is 35.5 Å². The molecule has 0 fully saturated rings. The lowest BCUT2D eigenvalue weighted by molar-refractivity contribution is 1.12. The zero-order valence-corrected chi connectivity index (χ0v) is 7.94. The van der Waals surface area contributed by atoms with Crippen LogP contribution in [-0.4, -0.2) is 5.25 Å². The molecule has 60 valence electrons. The fourth-order valence-corrected chi connectivity index (χ4v) is 1.33. The minimum Gasteiger partial charge on any atom is -0.167 e. The molecule has 0 spiro atoms. The highest BCUT2D eigenvalue weighted by Gasteiger charge is 1.99. The van der Waals surface area contributed by atoms with Crippen molar-refractivity contribution in [2.75, 3.05) is 0 Å². The largest absolute Gasteiger partial charge is 0.167 e. The summed E-state index contributed by atoms with van der Waals surface area (Å²) in [4.78, 5) is 0. The average Bonchev–Trinajstić information content (AvgIpc) is 2.15. The van der Waals surface area contributed by atoms with Gasteiger partial charge in [-0.2, -0.15) is 12.6 Å². The molecule has 1 rings (SSSR count). The van der Waals surface area contributed by atoms with E-state index in [2.05, 4.69) is 50.8 Å². The molecule has 0 bridgehead atoms. The van der Waals surface area contributed by atoms with Crippen LogP contribution < -0.4 is 0 Å². The maximum atomic E-state index is 4.35. The smallest absolute Gasteiger partial charge is 0.0383 e. The first-order chi connectivity index (χ1) is 5.24. The van der Waals surface area contributed by atoms with Gasteiger partial charge in [0, 0.05) is 5.25 Å². The molecule has 1 aliphatic carbocycles. The minimum atomic E-state index is 0.286. The summed E-state index contributed by atoms with van der Waals surface area (Å²) < 4.78 is 0. The van der Waals surface area contributed by atoms with Crippen molar-refractivity contribution < 1.29 is 0 Å². The maximum absolute atomic E-state index is 4.35. The van der Waals surface area contributed by atoms with Gasteiger partial charge in [-0.05, 0) is 24.5 Å². The van der Waals surface area contributed by atoms with Crippen molar-refractivity contribution in [2.45, 2.75) is 25.5 Å². The second kappa shape index (κ2) is 3.82. The molecule has 0 aromatic rings. The molecule has 0 radical (unpaired) electrons. The van der Waals surface area contributed by atoms with E-state index in [0.717, 1.165) is 6.42 Å². The van der Waals surface area contributed by atoms with E-state index < -0.39 is 0 Å². The van der Waals surface area contributed by atoms with Gasteiger partial charge in [-0.3, -0.25) is 0 Å². The van der Waals surface area contributed by atoms with E-state index in [1.165, 1.54) is 11.1 Å². The predicted octanol–water partition coefficient (Wildman–Crippen LogP) is 3.14. The summed E-state index contributed by atoms with van der Waals surface area (Å²) in [5, 5.41) is 0.286. The van der Waals surface area contributed by atoms with E-state index in [-0.39, 0.29) is 5.25 Å². The van der Waals surface area contributed by atoms with Crippen LogP contribution in [0.1, 0.15) is 20.3 Å². The number of hydrogen-bond acceptors (Lipinski definition) is 1. The van der Waals surface area contributed by atoms with Crippen molar-refractivity contribution in [1.29, 1.82) is 0 Å². The summed E-state index contributed by atoms with van der Waals surface area (Å²) >= 11 is 4.35. The highest BCUT2D eigenvalue weighted by Crippen LogP contribution is 2.17. The Kier molecular flexibility index (Phi) is 3.01. The molecule has 0 amide bonds. The molecule has 1 aliphatic rings. The summed E-state index contributed by atoms with van der Waals surface area (Å²) in [5.41, 5.74) is 2.78. The number of allylic oxidation sites excluding steroid dienone is 4. The van der Waals surface area contributed by atoms with E-state index >= 15 is 0 Å². The van der Waals surface area contributed by atoms with Gasteiger partial charge in [0.25, 0.3) is 0 Å². The Hall–Kier alpha value is -0.430. The number of hydrogen-bond donors (Lipinski definition) is 1. The summed E-state index contributed by atoms with van der Waals surface area (Å²) in [7, 11) is 0. The Labute approximate surface area is 74.1 Å². The first kappa shape index (κ1) is 8.66. The van der Waals surface area contributed by atoms with Gasteiger partial charge in [-0.25, -0.2) is 0 Å². The molecule has 0 saturated heterocycles. The van der Waals surface area contributed by atoms with Crippen molar-refractivity contribution >= 4 is 12.6 Å². The molecule has 0 N–H and O–H groups in total. The van der Waals surface area contributed by atoms with Gasteiger partial charge in [0.05, 0.1) is 0 Å². The van der Waals surface area contributed by atoms with E-state index in [1.54, 1.807) is 0 Å². The van der Waals surface area contributed by atoms with Crippen LogP contribution in [-0.2, 0) is 0 Å². The van der Waals surface area contributed by atoms with Gasteiger partial charge in [-0.1, -0.05) is 31.2 Å². The quantitative estimate of drug-likeness (QED) is 0.568. The molecule has 0 nitrogen and oxygen atoms in total. The zero-order valence-electron chi connectivity index (χ0n) is 7.04. The lowest BCUT2D eigenvalue weighted by Crippen LogP contribution is -1.82. The van der Waals surface area contributed by atoms with E-state index in [9.17, 15) is 0 Å². The van der Waals surface area contributed by atoms with E-state index in [4.69, 9.17) is 0 Å². The standard InChI is InChI=1S/C10H14S/c1-3-9-5-7-10(11)6-4-8(9)2/h4-7,10-11H,3H2,1-2H3. The third kappa shape index (κ3) is 2.26. The number of rotatable bonds is 1. The van der Waals surface area contributed by atoms with Crippen LogP contribution in [0.2, 0.25) is 0 Å². The second-order valence-electron chi connectivity index (χ2n) is 2.77. The molecule has 0 aromatic heterocycles. The zero-order chi connectivity index (χ0) is 8.27. The monoisotopic (exact) mass is 166 g/mol. The molecule has 0 heterocycles. The summed E-state index contributed by atoms with van der Waals surface area (Å²) in [6.07, 6.45) is 9.66. The van der Waals surface area contributed by atoms with Crippen molar-refractivity contribution in [3.8, 4) is 0 Å². The molecule has 0 aromatic carbocycles. The Morgan fingerprint density at radius 2 is 2.00 bits per heavy atom. The first-order valence-electron chi connectivity index (χ1n) is 3.98. The normalized spacial score (nSPS) is 24.1. The van der Waals surface area contributed by atoms with Gasteiger partial charge in [0.2, 0.25) is 0 Å². The van der Waals surface area contributed by atoms with Gasteiger partial charge in [-0.15, -0.1) is 0 Å². The molecular weight excluding hydrogens is 152 g/mol. The van der Waals surface area contributed by atoms with Crippen LogP contribution >= 0.6 is 12.6 Å². The fraction of sp³-hybridized carbons (Fsp3) is 0.400. The SMILES string of the molecule is CCC1=C(C)C=CC(S)C=C1. The van der Waals surface area contributed by atoms with Crippen molar-refractivity contribution in [1.82, 2.24) is 0 Å². The molecule has 11 heavy (non-hydrogen) atoms. The van der Waals surface area contributed by atoms with Gasteiger partial charge in [0.15, 0.2) is 0 Å². The molecule has 0 saturated carbocycles. The summed E-state index contributed by atoms with van der Waals surface area (Å²) in [5.74, 6) is 0. The minimum absolute atomic E-state index is 0.286. The molecule has 0 aliphatic heterocycles. The van der Waals surface area contributed by atoms with Crippen LogP contribution in [0.25, 0.3) is 0 Å². The van der Waals surface area contributed by atoms with Gasteiger partial charge < -0.3 is 0 Å². The van der Waals surface area contributed by atoms with Crippen LogP contribution in [0, 0.1) is 0 Å². The molecular formula is C10H14S. The predicted molar refractivity (Wildman–Crippen MR) is 54.0 cm³/mol. The lowest BCUT2D eigenvalue weighted by atomic mass is 10.1. The topological polar surface area (TPSA) is 0 Å². The molecule has 1 unspecified atom stereocenters. The Morgan fingerprint density at radius 3 is 2.64 bits per heavy atom. The second-order valence-corrected chi connectivity index (χ2v) is 3.37. The Balaban J connectivity index is 2.90. The Morgan fingerprint density at radius 1 is 1.36 bits per heavy atom. The lowest BCUT2D eigenvalue weighted by Gasteiger charge is -1.98. The average molecular weight is 166 g/mol. The van der Waals surface area contributed by atoms with Gasteiger partial charge in [0.1, 0.15) is 0 Å². The molecule has 1 atom stereocenters. The third-order valence-corrected chi connectivity index (χ3v) is 2.27. The van der Waals surface area contributed by atoms with Crippen LogP contribution in [0.4, 0.5) is 0 Å². The fourth-order valence-electron chi connectivity index (χ4n) is 1.16. The summed E-state index contributed by atoms with van der Waals surface area (Å²) in [6, 6.07) is 0. The number of thiol groups is 1. The highest BCUT2D eigenvalue weighted by atomic mass is 32.1. The van der Waals surface area contributed by atoms with Crippen LogP contribution in [0.3, 0.4) is 0 Å². The Bertz CT molecular complexity index is 221. The van der Waals surface area contributed by atoms with Gasteiger partial charge >= 0.3 is 0 Å². The van der Waals surface area contributed by atoms with Crippen molar-refractivity contribution in [2.24, 2.45) is 0 Å².